The van der Waals surface area contributed by atoms with E-state index in [0.29, 0.717) is 17.7 Å². The molecular weight excluding hydrogens is 254 g/mol. The van der Waals surface area contributed by atoms with Crippen molar-refractivity contribution < 1.29 is 14.3 Å². The number of benzene rings is 1. The first-order valence-corrected chi connectivity index (χ1v) is 6.71. The largest absolute Gasteiger partial charge is 0.463 e. The summed E-state index contributed by atoms with van der Waals surface area (Å²) in [4.78, 5) is 25.0. The average molecular weight is 275 g/mol. The van der Waals surface area contributed by atoms with Crippen LogP contribution in [0.2, 0.25) is 0 Å². The summed E-state index contributed by atoms with van der Waals surface area (Å²) in [6, 6.07) is 7.17. The second-order valence-electron chi connectivity index (χ2n) is 4.64. The van der Waals surface area contributed by atoms with Gasteiger partial charge in [0, 0.05) is 25.7 Å². The van der Waals surface area contributed by atoms with Gasteiger partial charge in [-0.2, -0.15) is 0 Å². The summed E-state index contributed by atoms with van der Waals surface area (Å²) >= 11 is 0. The zero-order chi connectivity index (χ0) is 15.0. The summed E-state index contributed by atoms with van der Waals surface area (Å²) in [6.07, 6.45) is 4.81. The lowest BCUT2D eigenvalue weighted by atomic mass is 10.1. The highest BCUT2D eigenvalue weighted by Crippen LogP contribution is 2.12. The van der Waals surface area contributed by atoms with E-state index in [1.54, 1.807) is 38.4 Å². The quantitative estimate of drug-likeness (QED) is 0.455. The molecular formula is C16H21NO3. The Hall–Kier alpha value is -2.10. The molecule has 0 unspecified atom stereocenters. The molecule has 0 N–H and O–H groups in total. The second-order valence-corrected chi connectivity index (χ2v) is 4.64. The molecule has 0 bridgehead atoms. The van der Waals surface area contributed by atoms with Crippen LogP contribution in [0.15, 0.2) is 30.3 Å². The molecule has 0 aromatic heterocycles. The van der Waals surface area contributed by atoms with Gasteiger partial charge in [-0.3, -0.25) is 4.79 Å². The highest BCUT2D eigenvalue weighted by atomic mass is 16.5. The van der Waals surface area contributed by atoms with Crippen LogP contribution in [-0.4, -0.2) is 37.5 Å². The van der Waals surface area contributed by atoms with Crippen LogP contribution in [0.5, 0.6) is 0 Å². The molecule has 0 radical (unpaired) electrons. The van der Waals surface area contributed by atoms with Crippen molar-refractivity contribution in [1.29, 1.82) is 0 Å². The molecule has 0 fully saturated rings. The lowest BCUT2D eigenvalue weighted by molar-refractivity contribution is -0.137. The Morgan fingerprint density at radius 3 is 2.60 bits per heavy atom. The fraction of sp³-hybridized carbons (Fsp3) is 0.375. The molecule has 4 nitrogen and oxygen atoms in total. The summed E-state index contributed by atoms with van der Waals surface area (Å²) in [7, 11) is 3.39. The van der Waals surface area contributed by atoms with Crippen molar-refractivity contribution in [2.75, 3.05) is 20.7 Å². The number of hydrogen-bond donors (Lipinski definition) is 0. The molecule has 4 heteroatoms. The third-order valence-electron chi connectivity index (χ3n) is 2.74. The Kier molecular flexibility index (Phi) is 6.50. The molecule has 0 aliphatic heterocycles. The van der Waals surface area contributed by atoms with E-state index in [-0.39, 0.29) is 11.9 Å². The normalized spacial score (nSPS) is 10.6. The maximum Gasteiger partial charge on any atom is 0.330 e. The molecule has 0 aliphatic carbocycles. The zero-order valence-corrected chi connectivity index (χ0v) is 12.3. The van der Waals surface area contributed by atoms with E-state index in [1.165, 1.54) is 11.0 Å². The number of amides is 1. The van der Waals surface area contributed by atoms with Gasteiger partial charge in [0.05, 0.1) is 6.61 Å². The fourth-order valence-corrected chi connectivity index (χ4v) is 1.60. The van der Waals surface area contributed by atoms with Crippen molar-refractivity contribution in [1.82, 2.24) is 4.90 Å². The molecule has 0 atom stereocenters. The van der Waals surface area contributed by atoms with Gasteiger partial charge in [0.1, 0.15) is 0 Å². The number of rotatable bonds is 6. The van der Waals surface area contributed by atoms with Crippen LogP contribution in [0, 0.1) is 0 Å². The molecule has 20 heavy (non-hydrogen) atoms. The number of unbranched alkanes of at least 4 members (excludes halogenated alkanes) is 1. The van der Waals surface area contributed by atoms with Crippen LogP contribution >= 0.6 is 0 Å². The van der Waals surface area contributed by atoms with E-state index >= 15 is 0 Å². The smallest absolute Gasteiger partial charge is 0.330 e. The van der Waals surface area contributed by atoms with Crippen molar-refractivity contribution in [2.45, 2.75) is 19.8 Å². The molecule has 1 amide bonds. The Morgan fingerprint density at radius 2 is 1.95 bits per heavy atom. The minimum absolute atomic E-state index is 0.0930. The van der Waals surface area contributed by atoms with Crippen molar-refractivity contribution in [3.05, 3.63) is 41.5 Å². The van der Waals surface area contributed by atoms with Crippen LogP contribution in [0.1, 0.15) is 35.7 Å². The van der Waals surface area contributed by atoms with Crippen molar-refractivity contribution in [3.63, 3.8) is 0 Å². The number of hydrogen-bond acceptors (Lipinski definition) is 3. The molecule has 108 valence electrons. The molecule has 0 saturated heterocycles. The highest BCUT2D eigenvalue weighted by Gasteiger charge is 2.11. The van der Waals surface area contributed by atoms with Crippen LogP contribution in [0.3, 0.4) is 0 Å². The van der Waals surface area contributed by atoms with Crippen molar-refractivity contribution >= 4 is 18.0 Å². The number of carbonyl (C=O) groups is 2. The third-order valence-corrected chi connectivity index (χ3v) is 2.74. The summed E-state index contributed by atoms with van der Waals surface area (Å²) in [5, 5.41) is 0. The van der Waals surface area contributed by atoms with Gasteiger partial charge in [-0.1, -0.05) is 31.5 Å². The topological polar surface area (TPSA) is 46.6 Å². The third kappa shape index (κ3) is 4.88. The summed E-state index contributed by atoms with van der Waals surface area (Å²) in [5.74, 6) is -0.477. The van der Waals surface area contributed by atoms with Gasteiger partial charge in [-0.15, -0.1) is 0 Å². The minimum Gasteiger partial charge on any atom is -0.463 e. The van der Waals surface area contributed by atoms with Gasteiger partial charge in [0.25, 0.3) is 5.91 Å². The number of nitrogens with zero attached hydrogens (tertiary/aromatic N) is 1. The van der Waals surface area contributed by atoms with Crippen molar-refractivity contribution in [3.8, 4) is 0 Å². The number of carbonyl (C=O) groups excluding carboxylic acids is 2. The van der Waals surface area contributed by atoms with Crippen LogP contribution in [0.25, 0.3) is 6.08 Å². The second kappa shape index (κ2) is 8.15. The van der Waals surface area contributed by atoms with E-state index in [1.807, 2.05) is 13.0 Å². The Morgan fingerprint density at radius 1 is 1.25 bits per heavy atom. The van der Waals surface area contributed by atoms with Crippen molar-refractivity contribution in [2.24, 2.45) is 0 Å². The molecule has 1 aromatic rings. The van der Waals surface area contributed by atoms with E-state index in [4.69, 9.17) is 4.74 Å². The van der Waals surface area contributed by atoms with Gasteiger partial charge in [0.15, 0.2) is 0 Å². The number of esters is 1. The first-order chi connectivity index (χ1) is 9.56. The molecule has 0 heterocycles. The standard InChI is InChI=1S/C16H21NO3/c1-4-5-12-20-15(18)11-10-13-8-6-7-9-14(13)16(19)17(2)3/h6-11H,4-5,12H2,1-3H3/b11-10+. The minimum atomic E-state index is -0.384. The van der Waals surface area contributed by atoms with Gasteiger partial charge in [-0.25, -0.2) is 4.79 Å². The maximum absolute atomic E-state index is 12.0. The SMILES string of the molecule is CCCCOC(=O)/C=C/c1ccccc1C(=O)N(C)C. The molecule has 0 aliphatic rings. The van der Waals surface area contributed by atoms with Crippen LogP contribution in [0.4, 0.5) is 0 Å². The molecule has 0 spiro atoms. The predicted molar refractivity (Wildman–Crippen MR) is 79.4 cm³/mol. The van der Waals surface area contributed by atoms with Gasteiger partial charge in [-0.05, 0) is 24.1 Å². The Balaban J connectivity index is 2.77. The van der Waals surface area contributed by atoms with Crippen LogP contribution in [-0.2, 0) is 9.53 Å². The monoisotopic (exact) mass is 275 g/mol. The lowest BCUT2D eigenvalue weighted by Gasteiger charge is -2.12. The molecule has 1 aromatic carbocycles. The molecule has 0 saturated carbocycles. The molecule has 1 rings (SSSR count). The van der Waals surface area contributed by atoms with E-state index < -0.39 is 0 Å². The fourth-order valence-electron chi connectivity index (χ4n) is 1.60. The predicted octanol–water partition coefficient (Wildman–Crippen LogP) is 2.74. The zero-order valence-electron chi connectivity index (χ0n) is 12.3. The summed E-state index contributed by atoms with van der Waals surface area (Å²) < 4.78 is 5.03. The first-order valence-electron chi connectivity index (χ1n) is 6.71. The first kappa shape index (κ1) is 16.0. The van der Waals surface area contributed by atoms with E-state index in [0.717, 1.165) is 12.8 Å². The van der Waals surface area contributed by atoms with Gasteiger partial charge in [0.2, 0.25) is 0 Å². The summed E-state index contributed by atoms with van der Waals surface area (Å²) in [6.45, 7) is 2.46. The van der Waals surface area contributed by atoms with E-state index in [9.17, 15) is 9.59 Å². The maximum atomic E-state index is 12.0. The van der Waals surface area contributed by atoms with Gasteiger partial charge < -0.3 is 9.64 Å². The average Bonchev–Trinajstić information content (AvgIpc) is 2.45. The lowest BCUT2D eigenvalue weighted by Crippen LogP contribution is -2.22. The van der Waals surface area contributed by atoms with E-state index in [2.05, 4.69) is 0 Å². The number of ether oxygens (including phenoxy) is 1. The Bertz CT molecular complexity index is 492. The summed E-state index contributed by atoms with van der Waals surface area (Å²) in [5.41, 5.74) is 1.27. The highest BCUT2D eigenvalue weighted by molar-refractivity contribution is 5.98. The van der Waals surface area contributed by atoms with Crippen LogP contribution < -0.4 is 0 Å². The Labute approximate surface area is 120 Å². The van der Waals surface area contributed by atoms with Gasteiger partial charge >= 0.3 is 5.97 Å².